The standard InChI is InChI=1S/C16H12FNO2/c17-16(10-11-6-2-1-3-7-11)14(19)12-8-4-5-9-13(12)18-15(16)20/h1-9H,10H2,(H,18,20)/t16-/m0/s1. The summed E-state index contributed by atoms with van der Waals surface area (Å²) in [7, 11) is 0. The van der Waals surface area contributed by atoms with Crippen molar-refractivity contribution in [3.05, 3.63) is 65.7 Å². The topological polar surface area (TPSA) is 46.2 Å². The summed E-state index contributed by atoms with van der Waals surface area (Å²) in [6.07, 6.45) is -0.257. The fourth-order valence-corrected chi connectivity index (χ4v) is 2.37. The van der Waals surface area contributed by atoms with Crippen molar-refractivity contribution < 1.29 is 14.0 Å². The van der Waals surface area contributed by atoms with E-state index >= 15 is 0 Å². The molecule has 0 spiro atoms. The molecule has 0 bridgehead atoms. The van der Waals surface area contributed by atoms with Gasteiger partial charge in [0.05, 0.1) is 5.69 Å². The lowest BCUT2D eigenvalue weighted by molar-refractivity contribution is -0.124. The summed E-state index contributed by atoms with van der Waals surface area (Å²) in [5.74, 6) is -1.68. The van der Waals surface area contributed by atoms with Crippen LogP contribution < -0.4 is 5.32 Å². The van der Waals surface area contributed by atoms with Gasteiger partial charge in [0.1, 0.15) is 0 Å². The van der Waals surface area contributed by atoms with Gasteiger partial charge in [0.15, 0.2) is 0 Å². The minimum atomic E-state index is -2.55. The summed E-state index contributed by atoms with van der Waals surface area (Å²) in [5.41, 5.74) is -1.36. The first kappa shape index (κ1) is 12.5. The SMILES string of the molecule is O=C1Nc2ccccc2C(=O)[C@@]1(F)Cc1ccccc1. The van der Waals surface area contributed by atoms with E-state index in [1.54, 1.807) is 48.5 Å². The second kappa shape index (κ2) is 4.56. The van der Waals surface area contributed by atoms with E-state index in [1.165, 1.54) is 6.07 Å². The Balaban J connectivity index is 2.01. The highest BCUT2D eigenvalue weighted by atomic mass is 19.1. The van der Waals surface area contributed by atoms with Crippen molar-refractivity contribution in [2.24, 2.45) is 0 Å². The Morgan fingerprint density at radius 3 is 2.35 bits per heavy atom. The molecule has 3 nitrogen and oxygen atoms in total. The van der Waals surface area contributed by atoms with Gasteiger partial charge in [-0.2, -0.15) is 0 Å². The summed E-state index contributed by atoms with van der Waals surface area (Å²) >= 11 is 0. The summed E-state index contributed by atoms with van der Waals surface area (Å²) < 4.78 is 15.0. The van der Waals surface area contributed by atoms with E-state index in [-0.39, 0.29) is 12.0 Å². The second-order valence-corrected chi connectivity index (χ2v) is 4.79. The Morgan fingerprint density at radius 1 is 0.950 bits per heavy atom. The van der Waals surface area contributed by atoms with Crippen molar-refractivity contribution in [2.75, 3.05) is 5.32 Å². The van der Waals surface area contributed by atoms with Gasteiger partial charge < -0.3 is 5.32 Å². The fraction of sp³-hybridized carbons (Fsp3) is 0.125. The summed E-state index contributed by atoms with van der Waals surface area (Å²) in [6, 6.07) is 15.1. The highest BCUT2D eigenvalue weighted by molar-refractivity contribution is 6.26. The molecule has 0 aromatic heterocycles. The molecule has 3 rings (SSSR count). The molecule has 0 unspecified atom stereocenters. The van der Waals surface area contributed by atoms with Crippen LogP contribution in [0.2, 0.25) is 0 Å². The third-order valence-electron chi connectivity index (χ3n) is 3.43. The van der Waals surface area contributed by atoms with E-state index in [9.17, 15) is 14.0 Å². The summed E-state index contributed by atoms with van der Waals surface area (Å²) in [6.45, 7) is 0. The van der Waals surface area contributed by atoms with E-state index in [0.717, 1.165) is 0 Å². The number of halogens is 1. The molecule has 4 heteroatoms. The Kier molecular flexibility index (Phi) is 2.86. The fourth-order valence-electron chi connectivity index (χ4n) is 2.37. The zero-order chi connectivity index (χ0) is 14.2. The number of nitrogens with one attached hydrogen (secondary N) is 1. The van der Waals surface area contributed by atoms with Gasteiger partial charge >= 0.3 is 0 Å². The molecule has 1 N–H and O–H groups in total. The molecule has 0 radical (unpaired) electrons. The number of fused-ring (bicyclic) bond motifs is 1. The monoisotopic (exact) mass is 269 g/mol. The number of amides is 1. The largest absolute Gasteiger partial charge is 0.322 e. The van der Waals surface area contributed by atoms with Crippen LogP contribution in [-0.4, -0.2) is 17.4 Å². The maximum atomic E-state index is 15.0. The van der Waals surface area contributed by atoms with Crippen LogP contribution in [0, 0.1) is 0 Å². The van der Waals surface area contributed by atoms with E-state index in [1.807, 2.05) is 0 Å². The highest BCUT2D eigenvalue weighted by Gasteiger charge is 2.50. The van der Waals surface area contributed by atoms with Gasteiger partial charge in [-0.1, -0.05) is 42.5 Å². The van der Waals surface area contributed by atoms with Gasteiger partial charge in [-0.3, -0.25) is 9.59 Å². The first-order chi connectivity index (χ1) is 9.61. The normalized spacial score (nSPS) is 21.2. The molecule has 1 heterocycles. The number of alkyl halides is 1. The van der Waals surface area contributed by atoms with Gasteiger partial charge in [0.25, 0.3) is 11.6 Å². The van der Waals surface area contributed by atoms with E-state index in [2.05, 4.69) is 5.32 Å². The maximum Gasteiger partial charge on any atom is 0.270 e. The van der Waals surface area contributed by atoms with Gasteiger partial charge in [0.2, 0.25) is 5.78 Å². The van der Waals surface area contributed by atoms with E-state index < -0.39 is 17.4 Å². The Bertz CT molecular complexity index is 684. The van der Waals surface area contributed by atoms with Crippen LogP contribution in [0.3, 0.4) is 0 Å². The molecule has 1 amide bonds. The summed E-state index contributed by atoms with van der Waals surface area (Å²) in [4.78, 5) is 24.3. The first-order valence-electron chi connectivity index (χ1n) is 6.29. The van der Waals surface area contributed by atoms with E-state index in [4.69, 9.17) is 0 Å². The molecule has 20 heavy (non-hydrogen) atoms. The Morgan fingerprint density at radius 2 is 1.60 bits per heavy atom. The number of Topliss-reactive ketones (excluding diaryl/α,β-unsaturated/α-hetero) is 1. The number of hydrogen-bond donors (Lipinski definition) is 1. The van der Waals surface area contributed by atoms with Gasteiger partial charge in [0, 0.05) is 12.0 Å². The van der Waals surface area contributed by atoms with Crippen molar-refractivity contribution in [2.45, 2.75) is 12.1 Å². The minimum Gasteiger partial charge on any atom is -0.322 e. The van der Waals surface area contributed by atoms with Gasteiger partial charge in [-0.25, -0.2) is 4.39 Å². The molecule has 1 aliphatic heterocycles. The van der Waals surface area contributed by atoms with Gasteiger partial charge in [-0.05, 0) is 17.7 Å². The number of benzene rings is 2. The van der Waals surface area contributed by atoms with Crippen molar-refractivity contribution in [1.82, 2.24) is 0 Å². The van der Waals surface area contributed by atoms with Crippen LogP contribution >= 0.6 is 0 Å². The van der Waals surface area contributed by atoms with Gasteiger partial charge in [-0.15, -0.1) is 0 Å². The molecule has 2 aromatic carbocycles. The highest BCUT2D eigenvalue weighted by Crippen LogP contribution is 2.32. The van der Waals surface area contributed by atoms with Crippen LogP contribution in [0.15, 0.2) is 54.6 Å². The average molecular weight is 269 g/mol. The predicted octanol–water partition coefficient (Wildman–Crippen LogP) is 2.77. The van der Waals surface area contributed by atoms with Crippen molar-refractivity contribution in [3.8, 4) is 0 Å². The third-order valence-corrected chi connectivity index (χ3v) is 3.43. The van der Waals surface area contributed by atoms with Crippen LogP contribution in [0.4, 0.5) is 10.1 Å². The Hall–Kier alpha value is -2.49. The first-order valence-corrected chi connectivity index (χ1v) is 6.29. The summed E-state index contributed by atoms with van der Waals surface area (Å²) in [5, 5.41) is 2.47. The number of para-hydroxylation sites is 1. The van der Waals surface area contributed by atoms with Crippen LogP contribution in [0.25, 0.3) is 0 Å². The molecule has 1 atom stereocenters. The molecule has 0 aliphatic carbocycles. The number of hydrogen-bond acceptors (Lipinski definition) is 2. The molecular formula is C16H12FNO2. The second-order valence-electron chi connectivity index (χ2n) is 4.79. The number of anilines is 1. The molecule has 2 aromatic rings. The zero-order valence-corrected chi connectivity index (χ0v) is 10.6. The number of carbonyl (C=O) groups excluding carboxylic acids is 2. The van der Waals surface area contributed by atoms with Crippen LogP contribution in [0.1, 0.15) is 15.9 Å². The molecule has 1 aliphatic rings. The van der Waals surface area contributed by atoms with Crippen LogP contribution in [-0.2, 0) is 11.2 Å². The van der Waals surface area contributed by atoms with E-state index in [0.29, 0.717) is 11.3 Å². The maximum absolute atomic E-state index is 15.0. The average Bonchev–Trinajstić information content (AvgIpc) is 2.47. The quantitative estimate of drug-likeness (QED) is 0.852. The molecular weight excluding hydrogens is 257 g/mol. The van der Waals surface area contributed by atoms with Crippen molar-refractivity contribution in [3.63, 3.8) is 0 Å². The predicted molar refractivity (Wildman–Crippen MR) is 73.4 cm³/mol. The van der Waals surface area contributed by atoms with Crippen molar-refractivity contribution >= 4 is 17.4 Å². The minimum absolute atomic E-state index is 0.213. The smallest absolute Gasteiger partial charge is 0.270 e. The molecule has 0 saturated carbocycles. The number of carbonyl (C=O) groups is 2. The lowest BCUT2D eigenvalue weighted by atomic mass is 9.84. The molecule has 0 saturated heterocycles. The third kappa shape index (κ3) is 1.90. The zero-order valence-electron chi connectivity index (χ0n) is 10.6. The number of ketones is 1. The lowest BCUT2D eigenvalue weighted by Crippen LogP contribution is -2.51. The van der Waals surface area contributed by atoms with Crippen molar-refractivity contribution in [1.29, 1.82) is 0 Å². The molecule has 100 valence electrons. The van der Waals surface area contributed by atoms with Crippen LogP contribution in [0.5, 0.6) is 0 Å². The lowest BCUT2D eigenvalue weighted by Gasteiger charge is -2.28. The molecule has 0 fully saturated rings. The number of rotatable bonds is 2. The Labute approximate surface area is 115 Å².